The molecular formula is C21H35N4O5S. The molecule has 2 amide bonds. The summed E-state index contributed by atoms with van der Waals surface area (Å²) in [7, 11) is -3.24. The van der Waals surface area contributed by atoms with Gasteiger partial charge in [-0.15, -0.1) is 0 Å². The third kappa shape index (κ3) is 4.91. The van der Waals surface area contributed by atoms with Crippen molar-refractivity contribution in [3.05, 3.63) is 6.42 Å². The van der Waals surface area contributed by atoms with E-state index in [1.807, 2.05) is 4.90 Å². The zero-order valence-corrected chi connectivity index (χ0v) is 19.0. The van der Waals surface area contributed by atoms with Crippen LogP contribution in [0.4, 0.5) is 0 Å². The molecule has 4 saturated heterocycles. The van der Waals surface area contributed by atoms with E-state index in [1.165, 1.54) is 0 Å². The minimum atomic E-state index is -3.24. The fraction of sp³-hybridized carbons (Fsp3) is 0.857. The Morgan fingerprint density at radius 1 is 1.10 bits per heavy atom. The fourth-order valence-corrected chi connectivity index (χ4v) is 6.79. The SMILES string of the molecule is NC(=O)[C@@]12C[CH]CC(CC1)N2CCS(=O)(=O)CCN1CCN(C(=O)C2CCCO2)CC1. The number of rotatable bonds is 8. The molecule has 2 bridgehead atoms. The van der Waals surface area contributed by atoms with Crippen molar-refractivity contribution in [2.45, 2.75) is 56.2 Å². The second-order valence-corrected chi connectivity index (χ2v) is 11.6. The Labute approximate surface area is 185 Å². The number of piperazine rings is 1. The molecule has 9 nitrogen and oxygen atoms in total. The van der Waals surface area contributed by atoms with Gasteiger partial charge in [-0.3, -0.25) is 19.4 Å². The molecule has 4 aliphatic rings. The third-order valence-electron chi connectivity index (χ3n) is 7.51. The topological polar surface area (TPSA) is 113 Å². The molecule has 4 fully saturated rings. The monoisotopic (exact) mass is 455 g/mol. The molecule has 1 radical (unpaired) electrons. The quantitative estimate of drug-likeness (QED) is 0.520. The second kappa shape index (κ2) is 9.33. The summed E-state index contributed by atoms with van der Waals surface area (Å²) in [6.45, 7) is 4.10. The van der Waals surface area contributed by atoms with E-state index in [4.69, 9.17) is 10.5 Å². The minimum Gasteiger partial charge on any atom is -0.368 e. The smallest absolute Gasteiger partial charge is 0.251 e. The average molecular weight is 456 g/mol. The van der Waals surface area contributed by atoms with Crippen LogP contribution in [0.15, 0.2) is 0 Å². The first kappa shape index (κ1) is 22.9. The van der Waals surface area contributed by atoms with Crippen LogP contribution in [0.3, 0.4) is 0 Å². The summed E-state index contributed by atoms with van der Waals surface area (Å²) in [6.07, 6.45) is 6.69. The van der Waals surface area contributed by atoms with Gasteiger partial charge >= 0.3 is 0 Å². The summed E-state index contributed by atoms with van der Waals surface area (Å²) in [5.41, 5.74) is 5.01. The van der Waals surface area contributed by atoms with Crippen LogP contribution >= 0.6 is 0 Å². The summed E-state index contributed by atoms with van der Waals surface area (Å²) in [6, 6.07) is 0.228. The molecule has 4 heterocycles. The Hall–Kier alpha value is -1.23. The molecule has 4 rings (SSSR count). The highest BCUT2D eigenvalue weighted by atomic mass is 32.2. The predicted molar refractivity (Wildman–Crippen MR) is 116 cm³/mol. The van der Waals surface area contributed by atoms with E-state index in [1.54, 1.807) is 0 Å². The molecule has 0 aliphatic carbocycles. The zero-order valence-electron chi connectivity index (χ0n) is 18.2. The van der Waals surface area contributed by atoms with Crippen LogP contribution in [0, 0.1) is 6.42 Å². The molecule has 4 aliphatic heterocycles. The number of fused-ring (bicyclic) bond motifs is 2. The fourth-order valence-electron chi connectivity index (χ4n) is 5.57. The number of primary amides is 1. The van der Waals surface area contributed by atoms with Crippen molar-refractivity contribution < 1.29 is 22.7 Å². The number of nitrogens with two attached hydrogens (primary N) is 1. The number of hydrogen-bond acceptors (Lipinski definition) is 7. The van der Waals surface area contributed by atoms with Gasteiger partial charge in [0.1, 0.15) is 11.6 Å². The molecule has 175 valence electrons. The zero-order chi connectivity index (χ0) is 22.1. The van der Waals surface area contributed by atoms with Crippen LogP contribution in [0.5, 0.6) is 0 Å². The number of piperidine rings is 1. The Bertz CT molecular complexity index is 773. The standard InChI is InChI=1S/C21H35N4O5S/c22-20(27)21-6-1-3-17(5-7-21)25(21)13-16-31(28,29)15-12-23-8-10-24(11-9-23)19(26)18-4-2-14-30-18/h1,17-18H,2-16H2,(H2,22,27)/t17?,18?,21-/m1/s1. The van der Waals surface area contributed by atoms with Gasteiger partial charge in [0.2, 0.25) is 5.91 Å². The van der Waals surface area contributed by atoms with Crippen LogP contribution < -0.4 is 5.73 Å². The first-order valence-corrected chi connectivity index (χ1v) is 13.3. The van der Waals surface area contributed by atoms with Crippen LogP contribution in [0.2, 0.25) is 0 Å². The van der Waals surface area contributed by atoms with E-state index < -0.39 is 15.4 Å². The maximum Gasteiger partial charge on any atom is 0.251 e. The lowest BCUT2D eigenvalue weighted by molar-refractivity contribution is -0.142. The van der Waals surface area contributed by atoms with Gasteiger partial charge in [0.15, 0.2) is 9.84 Å². The lowest BCUT2D eigenvalue weighted by atomic mass is 9.87. The molecule has 0 spiro atoms. The maximum atomic E-state index is 12.7. The lowest BCUT2D eigenvalue weighted by Crippen LogP contribution is -2.59. The van der Waals surface area contributed by atoms with Crippen LogP contribution in [0.25, 0.3) is 0 Å². The molecule has 2 unspecified atom stereocenters. The van der Waals surface area contributed by atoms with Gasteiger partial charge in [0, 0.05) is 51.9 Å². The van der Waals surface area contributed by atoms with Crippen LogP contribution in [0.1, 0.15) is 38.5 Å². The van der Waals surface area contributed by atoms with E-state index in [-0.39, 0.29) is 35.5 Å². The second-order valence-electron chi connectivity index (χ2n) is 9.33. The van der Waals surface area contributed by atoms with Gasteiger partial charge in [0.25, 0.3) is 5.91 Å². The van der Waals surface area contributed by atoms with Crippen molar-refractivity contribution in [1.29, 1.82) is 0 Å². The van der Waals surface area contributed by atoms with Crippen molar-refractivity contribution >= 4 is 21.7 Å². The Morgan fingerprint density at radius 2 is 1.84 bits per heavy atom. The van der Waals surface area contributed by atoms with E-state index in [0.717, 1.165) is 32.1 Å². The summed E-state index contributed by atoms with van der Waals surface area (Å²) in [5, 5.41) is 0. The predicted octanol–water partition coefficient (Wildman–Crippen LogP) is -0.589. The van der Waals surface area contributed by atoms with Crippen LogP contribution in [-0.2, 0) is 24.2 Å². The van der Waals surface area contributed by atoms with Crippen molar-refractivity contribution in [2.75, 3.05) is 57.4 Å². The highest BCUT2D eigenvalue weighted by Crippen LogP contribution is 2.43. The normalized spacial score (nSPS) is 32.5. The molecule has 3 atom stereocenters. The molecule has 2 N–H and O–H groups in total. The number of carbonyl (C=O) groups is 2. The molecule has 0 saturated carbocycles. The van der Waals surface area contributed by atoms with Crippen molar-refractivity contribution in [1.82, 2.24) is 14.7 Å². The summed E-state index contributed by atoms with van der Waals surface area (Å²) in [5.74, 6) is -0.114. The van der Waals surface area contributed by atoms with E-state index >= 15 is 0 Å². The third-order valence-corrected chi connectivity index (χ3v) is 9.12. The number of hydrogen-bond donors (Lipinski definition) is 1. The Kier molecular flexibility index (Phi) is 6.90. The summed E-state index contributed by atoms with van der Waals surface area (Å²) >= 11 is 0. The minimum absolute atomic E-state index is 0.0516. The highest BCUT2D eigenvalue weighted by Gasteiger charge is 2.52. The number of amides is 2. The van der Waals surface area contributed by atoms with Crippen molar-refractivity contribution in [3.63, 3.8) is 0 Å². The van der Waals surface area contributed by atoms with Gasteiger partial charge in [-0.1, -0.05) is 0 Å². The van der Waals surface area contributed by atoms with Crippen molar-refractivity contribution in [2.24, 2.45) is 5.73 Å². The summed E-state index contributed by atoms with van der Waals surface area (Å²) in [4.78, 5) is 30.6. The summed E-state index contributed by atoms with van der Waals surface area (Å²) < 4.78 is 30.9. The highest BCUT2D eigenvalue weighted by molar-refractivity contribution is 7.91. The van der Waals surface area contributed by atoms with Gasteiger partial charge in [-0.25, -0.2) is 8.42 Å². The van der Waals surface area contributed by atoms with E-state index in [9.17, 15) is 18.0 Å². The Morgan fingerprint density at radius 3 is 2.52 bits per heavy atom. The number of carbonyl (C=O) groups excluding carboxylic acids is 2. The number of nitrogens with zero attached hydrogens (tertiary/aromatic N) is 3. The molecule has 31 heavy (non-hydrogen) atoms. The van der Waals surface area contributed by atoms with Gasteiger partial charge < -0.3 is 15.4 Å². The molecular weight excluding hydrogens is 420 g/mol. The lowest BCUT2D eigenvalue weighted by Gasteiger charge is -2.42. The maximum absolute atomic E-state index is 12.7. The van der Waals surface area contributed by atoms with Crippen LogP contribution in [-0.4, -0.2) is 110 Å². The largest absolute Gasteiger partial charge is 0.368 e. The Balaban J connectivity index is 1.22. The molecule has 0 aromatic rings. The van der Waals surface area contributed by atoms with E-state index in [2.05, 4.69) is 16.2 Å². The first-order valence-electron chi connectivity index (χ1n) is 11.5. The number of ether oxygens (including phenoxy) is 1. The number of sulfone groups is 1. The van der Waals surface area contributed by atoms with E-state index in [0.29, 0.717) is 52.3 Å². The molecule has 0 aromatic carbocycles. The van der Waals surface area contributed by atoms with Gasteiger partial charge in [-0.2, -0.15) is 0 Å². The van der Waals surface area contributed by atoms with Gasteiger partial charge in [0.05, 0.1) is 11.5 Å². The molecule has 0 aromatic heterocycles. The average Bonchev–Trinajstić information content (AvgIpc) is 3.36. The van der Waals surface area contributed by atoms with Crippen molar-refractivity contribution in [3.8, 4) is 0 Å². The first-order chi connectivity index (χ1) is 14.8. The van der Waals surface area contributed by atoms with Gasteiger partial charge in [-0.05, 0) is 44.9 Å². The molecule has 10 heteroatoms.